The smallest absolute Gasteiger partial charge is 0.306 e. The van der Waals surface area contributed by atoms with E-state index in [0.717, 1.165) is 0 Å². The molecule has 0 fully saturated rings. The lowest BCUT2D eigenvalue weighted by atomic mass is 9.99. The maximum absolute atomic E-state index is 10.8. The number of methoxy groups -OCH3 is 1. The van der Waals surface area contributed by atoms with Gasteiger partial charge >= 0.3 is 5.97 Å². The number of rotatable bonds is 4. The molecule has 1 atom stereocenters. The van der Waals surface area contributed by atoms with E-state index in [0.29, 0.717) is 23.3 Å². The third kappa shape index (κ3) is 2.45. The van der Waals surface area contributed by atoms with Crippen LogP contribution in [0.1, 0.15) is 18.1 Å². The van der Waals surface area contributed by atoms with Crippen molar-refractivity contribution in [2.75, 3.05) is 7.11 Å². The SMILES string of the molecule is COc1c(CC(C)C(=O)O)ccc(C)c1O. The van der Waals surface area contributed by atoms with Gasteiger partial charge in [0, 0.05) is 0 Å². The van der Waals surface area contributed by atoms with Crippen molar-refractivity contribution in [2.24, 2.45) is 5.92 Å². The summed E-state index contributed by atoms with van der Waals surface area (Å²) in [6, 6.07) is 3.54. The molecule has 0 aliphatic heterocycles. The minimum absolute atomic E-state index is 0.0811. The zero-order chi connectivity index (χ0) is 12.3. The van der Waals surface area contributed by atoms with Crippen LogP contribution in [0.2, 0.25) is 0 Å². The lowest BCUT2D eigenvalue weighted by Gasteiger charge is -2.13. The molecule has 0 heterocycles. The molecule has 1 unspecified atom stereocenters. The van der Waals surface area contributed by atoms with Gasteiger partial charge in [-0.3, -0.25) is 4.79 Å². The number of phenols is 1. The summed E-state index contributed by atoms with van der Waals surface area (Å²) in [5, 5.41) is 18.6. The zero-order valence-corrected chi connectivity index (χ0v) is 9.65. The topological polar surface area (TPSA) is 66.8 Å². The Labute approximate surface area is 94.5 Å². The Morgan fingerprint density at radius 1 is 1.50 bits per heavy atom. The number of hydrogen-bond donors (Lipinski definition) is 2. The average Bonchev–Trinajstić information content (AvgIpc) is 2.23. The van der Waals surface area contributed by atoms with Crippen LogP contribution >= 0.6 is 0 Å². The highest BCUT2D eigenvalue weighted by atomic mass is 16.5. The Bertz CT molecular complexity index is 398. The second-order valence-electron chi connectivity index (χ2n) is 3.87. The van der Waals surface area contributed by atoms with Crippen LogP contribution in [-0.4, -0.2) is 23.3 Å². The third-order valence-corrected chi connectivity index (χ3v) is 2.57. The summed E-state index contributed by atoms with van der Waals surface area (Å²) >= 11 is 0. The third-order valence-electron chi connectivity index (χ3n) is 2.57. The summed E-state index contributed by atoms with van der Waals surface area (Å²) in [7, 11) is 1.46. The Morgan fingerprint density at radius 2 is 2.12 bits per heavy atom. The number of benzene rings is 1. The molecule has 0 radical (unpaired) electrons. The number of carboxylic acid groups (broad SMARTS) is 1. The van der Waals surface area contributed by atoms with Crippen LogP contribution in [0.15, 0.2) is 12.1 Å². The molecule has 2 N–H and O–H groups in total. The van der Waals surface area contributed by atoms with Gasteiger partial charge < -0.3 is 14.9 Å². The van der Waals surface area contributed by atoms with E-state index < -0.39 is 11.9 Å². The molecule has 0 aromatic heterocycles. The lowest BCUT2D eigenvalue weighted by molar-refractivity contribution is -0.141. The lowest BCUT2D eigenvalue weighted by Crippen LogP contribution is -2.12. The predicted octanol–water partition coefficient (Wildman–Crippen LogP) is 1.97. The molecule has 0 aliphatic rings. The quantitative estimate of drug-likeness (QED) is 0.820. The van der Waals surface area contributed by atoms with Gasteiger partial charge in [-0.1, -0.05) is 19.1 Å². The maximum Gasteiger partial charge on any atom is 0.306 e. The van der Waals surface area contributed by atoms with E-state index in [2.05, 4.69) is 0 Å². The number of hydrogen-bond acceptors (Lipinski definition) is 3. The van der Waals surface area contributed by atoms with Gasteiger partial charge in [-0.25, -0.2) is 0 Å². The molecule has 0 saturated carbocycles. The molecule has 16 heavy (non-hydrogen) atoms. The predicted molar refractivity (Wildman–Crippen MR) is 59.9 cm³/mol. The van der Waals surface area contributed by atoms with E-state index in [1.165, 1.54) is 7.11 Å². The van der Waals surface area contributed by atoms with Gasteiger partial charge in [0.15, 0.2) is 11.5 Å². The second-order valence-corrected chi connectivity index (χ2v) is 3.87. The van der Waals surface area contributed by atoms with E-state index in [1.807, 2.05) is 0 Å². The van der Waals surface area contributed by atoms with Crippen molar-refractivity contribution in [2.45, 2.75) is 20.3 Å². The van der Waals surface area contributed by atoms with Crippen molar-refractivity contribution in [3.8, 4) is 11.5 Å². The number of carbonyl (C=O) groups is 1. The monoisotopic (exact) mass is 224 g/mol. The molecule has 1 rings (SSSR count). The van der Waals surface area contributed by atoms with Gasteiger partial charge in [0.1, 0.15) is 0 Å². The number of aromatic hydroxyl groups is 1. The highest BCUT2D eigenvalue weighted by Gasteiger charge is 2.17. The zero-order valence-electron chi connectivity index (χ0n) is 9.65. The van der Waals surface area contributed by atoms with Gasteiger partial charge in [0.05, 0.1) is 13.0 Å². The Morgan fingerprint density at radius 3 is 2.62 bits per heavy atom. The molecular formula is C12H16O4. The van der Waals surface area contributed by atoms with Gasteiger partial charge in [-0.2, -0.15) is 0 Å². The number of carboxylic acids is 1. The molecule has 0 spiro atoms. The molecule has 4 nitrogen and oxygen atoms in total. The average molecular weight is 224 g/mol. The van der Waals surface area contributed by atoms with Gasteiger partial charge in [0.25, 0.3) is 0 Å². The molecular weight excluding hydrogens is 208 g/mol. The van der Waals surface area contributed by atoms with Crippen molar-refractivity contribution in [3.05, 3.63) is 23.3 Å². The van der Waals surface area contributed by atoms with Crippen molar-refractivity contribution >= 4 is 5.97 Å². The minimum Gasteiger partial charge on any atom is -0.504 e. The fourth-order valence-electron chi connectivity index (χ4n) is 1.52. The van der Waals surface area contributed by atoms with Gasteiger partial charge in [-0.15, -0.1) is 0 Å². The molecule has 1 aromatic rings. The molecule has 0 saturated heterocycles. The molecule has 1 aromatic carbocycles. The fourth-order valence-corrected chi connectivity index (χ4v) is 1.52. The van der Waals surface area contributed by atoms with Crippen molar-refractivity contribution in [3.63, 3.8) is 0 Å². The molecule has 88 valence electrons. The Kier molecular flexibility index (Phi) is 3.77. The minimum atomic E-state index is -0.859. The summed E-state index contributed by atoms with van der Waals surface area (Å²) in [4.78, 5) is 10.8. The summed E-state index contributed by atoms with van der Waals surface area (Å²) in [5.74, 6) is -0.913. The summed E-state index contributed by atoms with van der Waals surface area (Å²) in [5.41, 5.74) is 1.42. The molecule has 0 aliphatic carbocycles. The Balaban J connectivity index is 3.05. The standard InChI is InChI=1S/C12H16O4/c1-7-4-5-9(6-8(2)12(14)15)11(16-3)10(7)13/h4-5,8,13H,6H2,1-3H3,(H,14,15). The van der Waals surface area contributed by atoms with Crippen molar-refractivity contribution in [1.29, 1.82) is 0 Å². The first kappa shape index (κ1) is 12.4. The van der Waals surface area contributed by atoms with Crippen LogP contribution in [0.5, 0.6) is 11.5 Å². The number of aryl methyl sites for hydroxylation is 1. The van der Waals surface area contributed by atoms with E-state index in [1.54, 1.807) is 26.0 Å². The first-order chi connectivity index (χ1) is 7.47. The van der Waals surface area contributed by atoms with Gasteiger partial charge in [-0.05, 0) is 24.5 Å². The highest BCUT2D eigenvalue weighted by molar-refractivity contribution is 5.70. The second kappa shape index (κ2) is 4.88. The van der Waals surface area contributed by atoms with Crippen molar-refractivity contribution in [1.82, 2.24) is 0 Å². The van der Waals surface area contributed by atoms with E-state index >= 15 is 0 Å². The van der Waals surface area contributed by atoms with Crippen LogP contribution in [-0.2, 0) is 11.2 Å². The van der Waals surface area contributed by atoms with Crippen LogP contribution in [0.4, 0.5) is 0 Å². The van der Waals surface area contributed by atoms with E-state index in [4.69, 9.17) is 9.84 Å². The molecule has 0 bridgehead atoms. The highest BCUT2D eigenvalue weighted by Crippen LogP contribution is 2.34. The number of aliphatic carboxylic acids is 1. The first-order valence-corrected chi connectivity index (χ1v) is 5.05. The number of ether oxygens (including phenoxy) is 1. The summed E-state index contributed by atoms with van der Waals surface area (Å²) < 4.78 is 5.09. The molecule has 0 amide bonds. The first-order valence-electron chi connectivity index (χ1n) is 5.05. The molecule has 4 heteroatoms. The largest absolute Gasteiger partial charge is 0.504 e. The van der Waals surface area contributed by atoms with Crippen molar-refractivity contribution < 1.29 is 19.7 Å². The van der Waals surface area contributed by atoms with Crippen LogP contribution in [0.25, 0.3) is 0 Å². The summed E-state index contributed by atoms with van der Waals surface area (Å²) in [6.45, 7) is 3.39. The van der Waals surface area contributed by atoms with Crippen LogP contribution in [0.3, 0.4) is 0 Å². The van der Waals surface area contributed by atoms with Crippen LogP contribution < -0.4 is 4.74 Å². The number of phenolic OH excluding ortho intramolecular Hbond substituents is 1. The summed E-state index contributed by atoms with van der Waals surface area (Å²) in [6.07, 6.45) is 0.340. The van der Waals surface area contributed by atoms with E-state index in [9.17, 15) is 9.90 Å². The Hall–Kier alpha value is -1.71. The van der Waals surface area contributed by atoms with Gasteiger partial charge in [0.2, 0.25) is 0 Å². The van der Waals surface area contributed by atoms with Crippen LogP contribution in [0, 0.1) is 12.8 Å². The van der Waals surface area contributed by atoms with E-state index in [-0.39, 0.29) is 5.75 Å². The fraction of sp³-hybridized carbons (Fsp3) is 0.417. The normalized spacial score (nSPS) is 12.2. The maximum atomic E-state index is 10.8.